The third kappa shape index (κ3) is 2.11. The quantitative estimate of drug-likeness (QED) is 0.721. The minimum absolute atomic E-state index is 0.669. The highest BCUT2D eigenvalue weighted by Crippen LogP contribution is 2.22. The second-order valence-corrected chi connectivity index (χ2v) is 5.47. The molecule has 0 spiro atoms. The molecule has 0 fully saturated rings. The normalized spacial score (nSPS) is 17.1. The molecule has 0 aromatic heterocycles. The van der Waals surface area contributed by atoms with Crippen LogP contribution < -0.4 is 0 Å². The summed E-state index contributed by atoms with van der Waals surface area (Å²) in [6, 6.07) is 7.49. The molecule has 0 atom stereocenters. The first kappa shape index (κ1) is 10.4. The molecule has 2 heteroatoms. The van der Waals surface area contributed by atoms with Crippen molar-refractivity contribution >= 4 is 22.6 Å². The lowest BCUT2D eigenvalue weighted by Crippen LogP contribution is -2.35. The minimum Gasteiger partial charge on any atom is -0.296 e. The number of rotatable bonds is 1. The van der Waals surface area contributed by atoms with Gasteiger partial charge in [0.25, 0.3) is 0 Å². The van der Waals surface area contributed by atoms with Gasteiger partial charge in [-0.05, 0) is 66.1 Å². The summed E-state index contributed by atoms with van der Waals surface area (Å²) in [6.07, 6.45) is 1.21. The largest absolute Gasteiger partial charge is 0.296 e. The van der Waals surface area contributed by atoms with E-state index in [4.69, 9.17) is 0 Å². The van der Waals surface area contributed by atoms with Crippen LogP contribution in [0.4, 0.5) is 0 Å². The summed E-state index contributed by atoms with van der Waals surface area (Å²) in [6.45, 7) is 6.89. The van der Waals surface area contributed by atoms with Crippen molar-refractivity contribution in [3.63, 3.8) is 0 Å². The lowest BCUT2D eigenvalue weighted by Gasteiger charge is -2.31. The second kappa shape index (κ2) is 4.19. The van der Waals surface area contributed by atoms with Crippen LogP contribution in [0.3, 0.4) is 0 Å². The smallest absolute Gasteiger partial charge is 0.0239 e. The van der Waals surface area contributed by atoms with E-state index < -0.39 is 0 Å². The van der Waals surface area contributed by atoms with E-state index in [-0.39, 0.29) is 0 Å². The van der Waals surface area contributed by atoms with Crippen LogP contribution in [-0.2, 0) is 13.0 Å². The van der Waals surface area contributed by atoms with E-state index in [1.165, 1.54) is 22.1 Å². The van der Waals surface area contributed by atoms with Gasteiger partial charge in [0, 0.05) is 22.7 Å². The van der Waals surface area contributed by atoms with E-state index in [1.807, 2.05) is 0 Å². The summed E-state index contributed by atoms with van der Waals surface area (Å²) in [5, 5.41) is 0. The molecular formula is C12H16IN. The maximum atomic E-state index is 2.54. The Bertz CT molecular complexity index is 333. The van der Waals surface area contributed by atoms with Crippen LogP contribution in [0.15, 0.2) is 18.2 Å². The molecule has 1 aromatic rings. The van der Waals surface area contributed by atoms with Crippen molar-refractivity contribution in [1.29, 1.82) is 0 Å². The molecule has 1 aliphatic rings. The second-order valence-electron chi connectivity index (χ2n) is 4.23. The van der Waals surface area contributed by atoms with Gasteiger partial charge in [0.2, 0.25) is 0 Å². The van der Waals surface area contributed by atoms with Crippen LogP contribution in [0, 0.1) is 3.57 Å². The molecular weight excluding hydrogens is 285 g/mol. The van der Waals surface area contributed by atoms with Gasteiger partial charge in [0.1, 0.15) is 0 Å². The van der Waals surface area contributed by atoms with Gasteiger partial charge in [-0.15, -0.1) is 0 Å². The van der Waals surface area contributed by atoms with Crippen LogP contribution in [0.2, 0.25) is 0 Å². The fourth-order valence-electron chi connectivity index (χ4n) is 1.98. The first-order valence-corrected chi connectivity index (χ1v) is 6.26. The maximum absolute atomic E-state index is 2.54. The van der Waals surface area contributed by atoms with Crippen molar-refractivity contribution in [3.8, 4) is 0 Å². The number of benzene rings is 1. The summed E-state index contributed by atoms with van der Waals surface area (Å²) in [5.74, 6) is 0. The Kier molecular flexibility index (Phi) is 3.12. The Labute approximate surface area is 99.6 Å². The van der Waals surface area contributed by atoms with Crippen molar-refractivity contribution in [3.05, 3.63) is 32.9 Å². The van der Waals surface area contributed by atoms with Gasteiger partial charge >= 0.3 is 0 Å². The van der Waals surface area contributed by atoms with E-state index in [2.05, 4.69) is 59.5 Å². The van der Waals surface area contributed by atoms with Crippen LogP contribution in [0.1, 0.15) is 25.0 Å². The van der Waals surface area contributed by atoms with Gasteiger partial charge in [0.15, 0.2) is 0 Å². The average molecular weight is 301 g/mol. The zero-order chi connectivity index (χ0) is 10.1. The lowest BCUT2D eigenvalue weighted by molar-refractivity contribution is 0.203. The Morgan fingerprint density at radius 1 is 1.29 bits per heavy atom. The van der Waals surface area contributed by atoms with Gasteiger partial charge in [-0.2, -0.15) is 0 Å². The van der Waals surface area contributed by atoms with Crippen molar-refractivity contribution < 1.29 is 0 Å². The Morgan fingerprint density at radius 2 is 2.07 bits per heavy atom. The molecule has 0 unspecified atom stereocenters. The van der Waals surface area contributed by atoms with Crippen molar-refractivity contribution in [2.45, 2.75) is 32.9 Å². The SMILES string of the molecule is CC(C)N1CCc2cc(I)ccc2C1. The van der Waals surface area contributed by atoms with E-state index in [9.17, 15) is 0 Å². The zero-order valence-electron chi connectivity index (χ0n) is 8.76. The van der Waals surface area contributed by atoms with Gasteiger partial charge in [0.05, 0.1) is 0 Å². The van der Waals surface area contributed by atoms with Crippen LogP contribution in [0.5, 0.6) is 0 Å². The molecule has 1 nitrogen and oxygen atoms in total. The Hall–Kier alpha value is -0.0900. The fraction of sp³-hybridized carbons (Fsp3) is 0.500. The molecule has 2 rings (SSSR count). The molecule has 0 saturated heterocycles. The molecule has 76 valence electrons. The Morgan fingerprint density at radius 3 is 2.79 bits per heavy atom. The predicted octanol–water partition coefficient (Wildman–Crippen LogP) is 3.06. The first-order valence-electron chi connectivity index (χ1n) is 5.18. The highest BCUT2D eigenvalue weighted by molar-refractivity contribution is 14.1. The zero-order valence-corrected chi connectivity index (χ0v) is 10.9. The number of halogens is 1. The molecule has 0 aliphatic carbocycles. The van der Waals surface area contributed by atoms with Gasteiger partial charge in [-0.1, -0.05) is 6.07 Å². The van der Waals surface area contributed by atoms with E-state index in [0.717, 1.165) is 6.54 Å². The molecule has 0 saturated carbocycles. The van der Waals surface area contributed by atoms with E-state index in [1.54, 1.807) is 5.56 Å². The number of fused-ring (bicyclic) bond motifs is 1. The van der Waals surface area contributed by atoms with Crippen molar-refractivity contribution in [1.82, 2.24) is 4.90 Å². The first-order chi connectivity index (χ1) is 6.66. The van der Waals surface area contributed by atoms with E-state index >= 15 is 0 Å². The number of nitrogens with zero attached hydrogens (tertiary/aromatic N) is 1. The molecule has 0 radical (unpaired) electrons. The summed E-state index contributed by atoms with van der Waals surface area (Å²) in [4.78, 5) is 2.54. The lowest BCUT2D eigenvalue weighted by atomic mass is 9.99. The summed E-state index contributed by atoms with van der Waals surface area (Å²) < 4.78 is 1.36. The Balaban J connectivity index is 2.23. The highest BCUT2D eigenvalue weighted by atomic mass is 127. The van der Waals surface area contributed by atoms with Gasteiger partial charge < -0.3 is 0 Å². The summed E-state index contributed by atoms with van der Waals surface area (Å²) in [5.41, 5.74) is 3.07. The van der Waals surface area contributed by atoms with Crippen LogP contribution in [-0.4, -0.2) is 17.5 Å². The van der Waals surface area contributed by atoms with Gasteiger partial charge in [-0.3, -0.25) is 4.90 Å². The summed E-state index contributed by atoms with van der Waals surface area (Å²) in [7, 11) is 0. The van der Waals surface area contributed by atoms with E-state index in [0.29, 0.717) is 6.04 Å². The minimum atomic E-state index is 0.669. The molecule has 0 amide bonds. The maximum Gasteiger partial charge on any atom is 0.0239 e. The molecule has 14 heavy (non-hydrogen) atoms. The molecule has 0 bridgehead atoms. The number of hydrogen-bond donors (Lipinski definition) is 0. The molecule has 0 N–H and O–H groups in total. The fourth-order valence-corrected chi connectivity index (χ4v) is 2.54. The topological polar surface area (TPSA) is 3.24 Å². The monoisotopic (exact) mass is 301 g/mol. The molecule has 1 aliphatic heterocycles. The molecule has 1 heterocycles. The summed E-state index contributed by atoms with van der Waals surface area (Å²) >= 11 is 2.39. The number of hydrogen-bond acceptors (Lipinski definition) is 1. The third-order valence-electron chi connectivity index (χ3n) is 2.94. The third-order valence-corrected chi connectivity index (χ3v) is 3.61. The van der Waals surface area contributed by atoms with Crippen molar-refractivity contribution in [2.24, 2.45) is 0 Å². The standard InChI is InChI=1S/C12H16IN/c1-9(2)14-6-5-10-7-12(13)4-3-11(10)8-14/h3-4,7,9H,5-6,8H2,1-2H3. The van der Waals surface area contributed by atoms with Gasteiger partial charge in [-0.25, -0.2) is 0 Å². The molecule has 1 aromatic carbocycles. The average Bonchev–Trinajstić information content (AvgIpc) is 2.16. The van der Waals surface area contributed by atoms with Crippen LogP contribution >= 0.6 is 22.6 Å². The highest BCUT2D eigenvalue weighted by Gasteiger charge is 2.17. The predicted molar refractivity (Wildman–Crippen MR) is 68.4 cm³/mol. The van der Waals surface area contributed by atoms with Crippen LogP contribution in [0.25, 0.3) is 0 Å². The van der Waals surface area contributed by atoms with Crippen molar-refractivity contribution in [2.75, 3.05) is 6.54 Å².